The Morgan fingerprint density at radius 2 is 1.97 bits per heavy atom. The number of carbonyl (C=O) groups excluding carboxylic acids is 1. The Labute approximate surface area is 171 Å². The van der Waals surface area contributed by atoms with Crippen LogP contribution in [0.15, 0.2) is 54.9 Å². The van der Waals surface area contributed by atoms with Gasteiger partial charge in [-0.2, -0.15) is 5.10 Å². The lowest BCUT2D eigenvalue weighted by molar-refractivity contribution is 0.100. The molecule has 2 unspecified atom stereocenters. The highest BCUT2D eigenvalue weighted by Crippen LogP contribution is 2.47. The zero-order valence-corrected chi connectivity index (χ0v) is 17.3. The third-order valence-electron chi connectivity index (χ3n) is 6.90. The van der Waals surface area contributed by atoms with E-state index in [9.17, 15) is 4.79 Å². The van der Waals surface area contributed by atoms with Gasteiger partial charge in [-0.15, -0.1) is 0 Å². The third kappa shape index (κ3) is 3.38. The molecule has 0 saturated heterocycles. The number of anilines is 1. The molecule has 152 valence electrons. The highest BCUT2D eigenvalue weighted by Gasteiger charge is 2.51. The lowest BCUT2D eigenvalue weighted by atomic mass is 9.74. The van der Waals surface area contributed by atoms with Gasteiger partial charge in [0.2, 0.25) is 0 Å². The van der Waals surface area contributed by atoms with Crippen molar-refractivity contribution in [2.24, 2.45) is 11.1 Å². The van der Waals surface area contributed by atoms with Crippen LogP contribution in [0.2, 0.25) is 0 Å². The van der Waals surface area contributed by atoms with Crippen LogP contribution in [0.1, 0.15) is 49.5 Å². The second-order valence-corrected chi connectivity index (χ2v) is 8.76. The van der Waals surface area contributed by atoms with E-state index in [0.717, 1.165) is 30.6 Å². The smallest absolute Gasteiger partial charge is 0.252 e. The third-order valence-corrected chi connectivity index (χ3v) is 6.90. The van der Waals surface area contributed by atoms with Gasteiger partial charge in [0.05, 0.1) is 23.0 Å². The van der Waals surface area contributed by atoms with Gasteiger partial charge < -0.3 is 16.4 Å². The number of hydrogen-bond donors (Lipinski definition) is 3. The van der Waals surface area contributed by atoms with Gasteiger partial charge in [-0.3, -0.25) is 4.79 Å². The van der Waals surface area contributed by atoms with Gasteiger partial charge in [-0.1, -0.05) is 44.2 Å². The molecule has 2 aromatic heterocycles. The summed E-state index contributed by atoms with van der Waals surface area (Å²) in [5, 5.41) is 11.8. The average molecular weight is 392 g/mol. The van der Waals surface area contributed by atoms with Gasteiger partial charge >= 0.3 is 0 Å². The number of fused-ring (bicyclic) bond motifs is 1. The van der Waals surface area contributed by atoms with Gasteiger partial charge in [0.15, 0.2) is 0 Å². The first kappa shape index (κ1) is 19.5. The van der Waals surface area contributed by atoms with Crippen LogP contribution in [0.5, 0.6) is 0 Å². The summed E-state index contributed by atoms with van der Waals surface area (Å²) in [5.74, 6) is -0.468. The lowest BCUT2D eigenvalue weighted by Crippen LogP contribution is -2.54. The normalized spacial score (nSPS) is 23.3. The molecule has 6 nitrogen and oxygen atoms in total. The Balaban J connectivity index is 1.59. The maximum Gasteiger partial charge on any atom is 0.252 e. The Morgan fingerprint density at radius 1 is 1.21 bits per heavy atom. The molecular weight excluding hydrogens is 362 g/mol. The zero-order valence-electron chi connectivity index (χ0n) is 17.3. The lowest BCUT2D eigenvalue weighted by Gasteiger charge is -2.43. The standard InChI is InChI=1S/C23H29N5O/c1-22(2)19(11-12-23(22,3)25-14-16-8-5-4-6-9-16)27-20-17(21(24)29)15-26-28-13-7-10-18(20)28/h4-10,13,15,19,25,27H,11-12,14H2,1-3H3,(H2,24,29). The molecule has 0 radical (unpaired) electrons. The molecule has 0 aliphatic heterocycles. The van der Waals surface area contributed by atoms with E-state index < -0.39 is 5.91 Å². The van der Waals surface area contributed by atoms with Gasteiger partial charge in [0, 0.05) is 29.7 Å². The first-order valence-electron chi connectivity index (χ1n) is 10.1. The fourth-order valence-corrected chi connectivity index (χ4v) is 4.47. The van der Waals surface area contributed by atoms with Crippen molar-refractivity contribution in [3.63, 3.8) is 0 Å². The highest BCUT2D eigenvalue weighted by atomic mass is 16.1. The minimum Gasteiger partial charge on any atom is -0.379 e. The molecule has 2 heterocycles. The summed E-state index contributed by atoms with van der Waals surface area (Å²) in [6.45, 7) is 7.70. The number of carbonyl (C=O) groups is 1. The van der Waals surface area contributed by atoms with E-state index in [1.807, 2.05) is 24.4 Å². The van der Waals surface area contributed by atoms with E-state index >= 15 is 0 Å². The van der Waals surface area contributed by atoms with E-state index in [1.165, 1.54) is 5.56 Å². The Kier molecular flexibility index (Phi) is 4.82. The summed E-state index contributed by atoms with van der Waals surface area (Å²) < 4.78 is 1.77. The molecule has 1 amide bonds. The number of primary amides is 1. The Bertz CT molecular complexity index is 1030. The number of nitrogens with one attached hydrogen (secondary N) is 2. The Hall–Kier alpha value is -2.86. The van der Waals surface area contributed by atoms with Gasteiger partial charge in [0.25, 0.3) is 5.91 Å². The van der Waals surface area contributed by atoms with E-state index in [1.54, 1.807) is 10.7 Å². The van der Waals surface area contributed by atoms with Crippen LogP contribution in [0.4, 0.5) is 5.69 Å². The van der Waals surface area contributed by atoms with Gasteiger partial charge in [-0.05, 0) is 37.5 Å². The molecule has 4 N–H and O–H groups in total. The van der Waals surface area contributed by atoms with E-state index in [2.05, 4.69) is 60.8 Å². The molecule has 1 aliphatic carbocycles. The molecule has 1 aliphatic rings. The van der Waals surface area contributed by atoms with Crippen LogP contribution in [-0.2, 0) is 6.54 Å². The molecule has 4 rings (SSSR count). The average Bonchev–Trinajstić information content (AvgIpc) is 3.26. The summed E-state index contributed by atoms with van der Waals surface area (Å²) in [6.07, 6.45) is 5.46. The fourth-order valence-electron chi connectivity index (χ4n) is 4.47. The van der Waals surface area contributed by atoms with Crippen molar-refractivity contribution in [3.8, 4) is 0 Å². The van der Waals surface area contributed by atoms with Crippen LogP contribution in [-0.4, -0.2) is 27.1 Å². The summed E-state index contributed by atoms with van der Waals surface area (Å²) in [4.78, 5) is 12.0. The molecular formula is C23H29N5O. The topological polar surface area (TPSA) is 84.5 Å². The van der Waals surface area contributed by atoms with Crippen molar-refractivity contribution >= 4 is 17.1 Å². The molecule has 0 bridgehead atoms. The number of hydrogen-bond acceptors (Lipinski definition) is 4. The largest absolute Gasteiger partial charge is 0.379 e. The van der Waals surface area contributed by atoms with E-state index in [0.29, 0.717) is 5.56 Å². The van der Waals surface area contributed by atoms with Crippen molar-refractivity contribution in [1.29, 1.82) is 0 Å². The molecule has 1 saturated carbocycles. The number of amides is 1. The van der Waals surface area contributed by atoms with E-state index in [-0.39, 0.29) is 17.0 Å². The van der Waals surface area contributed by atoms with Crippen LogP contribution in [0.3, 0.4) is 0 Å². The second-order valence-electron chi connectivity index (χ2n) is 8.76. The zero-order chi connectivity index (χ0) is 20.6. The molecule has 1 fully saturated rings. The van der Waals surface area contributed by atoms with Crippen LogP contribution >= 0.6 is 0 Å². The summed E-state index contributed by atoms with van der Waals surface area (Å²) >= 11 is 0. The maximum absolute atomic E-state index is 12.0. The van der Waals surface area contributed by atoms with Crippen LogP contribution < -0.4 is 16.4 Å². The minimum atomic E-state index is -0.468. The molecule has 0 spiro atoms. The van der Waals surface area contributed by atoms with Crippen molar-refractivity contribution in [2.75, 3.05) is 5.32 Å². The van der Waals surface area contributed by atoms with Crippen LogP contribution in [0, 0.1) is 5.41 Å². The predicted octanol–water partition coefficient (Wildman–Crippen LogP) is 3.58. The van der Waals surface area contributed by atoms with Crippen molar-refractivity contribution < 1.29 is 4.79 Å². The minimum absolute atomic E-state index is 0.0430. The number of nitrogens with zero attached hydrogens (tertiary/aromatic N) is 2. The second kappa shape index (κ2) is 7.19. The number of nitrogens with two attached hydrogens (primary N) is 1. The summed E-state index contributed by atoms with van der Waals surface area (Å²) in [6, 6.07) is 14.5. The Morgan fingerprint density at radius 3 is 2.69 bits per heavy atom. The summed E-state index contributed by atoms with van der Waals surface area (Å²) in [5.41, 5.74) is 8.88. The van der Waals surface area contributed by atoms with Gasteiger partial charge in [0.1, 0.15) is 0 Å². The van der Waals surface area contributed by atoms with Gasteiger partial charge in [-0.25, -0.2) is 4.52 Å². The van der Waals surface area contributed by atoms with E-state index in [4.69, 9.17) is 5.73 Å². The number of rotatable bonds is 6. The number of aromatic nitrogens is 2. The molecule has 1 aromatic carbocycles. The predicted molar refractivity (Wildman–Crippen MR) is 116 cm³/mol. The first-order valence-corrected chi connectivity index (χ1v) is 10.1. The monoisotopic (exact) mass is 391 g/mol. The molecule has 3 aromatic rings. The SMILES string of the molecule is CC1(NCc2ccccc2)CCC(Nc2c(C(N)=O)cnn3cccc23)C1(C)C. The van der Waals surface area contributed by atoms with Crippen molar-refractivity contribution in [2.45, 2.75) is 51.7 Å². The highest BCUT2D eigenvalue weighted by molar-refractivity contribution is 6.01. The molecule has 2 atom stereocenters. The van der Waals surface area contributed by atoms with Crippen molar-refractivity contribution in [1.82, 2.24) is 14.9 Å². The quantitative estimate of drug-likeness (QED) is 0.600. The maximum atomic E-state index is 12.0. The van der Waals surface area contributed by atoms with Crippen molar-refractivity contribution in [3.05, 3.63) is 66.0 Å². The van der Waals surface area contributed by atoms with Crippen LogP contribution in [0.25, 0.3) is 5.52 Å². The first-order chi connectivity index (χ1) is 13.8. The molecule has 29 heavy (non-hydrogen) atoms. The summed E-state index contributed by atoms with van der Waals surface area (Å²) in [7, 11) is 0. The fraction of sp³-hybridized carbons (Fsp3) is 0.391. The molecule has 6 heteroatoms. The number of benzene rings is 1.